The molecular weight excluding hydrogens is 150 g/mol. The van der Waals surface area contributed by atoms with Gasteiger partial charge in [0, 0.05) is 0 Å². The molecule has 1 fully saturated rings. The van der Waals surface area contributed by atoms with Gasteiger partial charge >= 0.3 is 0 Å². The predicted molar refractivity (Wildman–Crippen MR) is 50.8 cm³/mol. The van der Waals surface area contributed by atoms with Crippen molar-refractivity contribution in [1.82, 2.24) is 0 Å². The van der Waals surface area contributed by atoms with Crippen molar-refractivity contribution in [2.24, 2.45) is 17.1 Å². The molecule has 0 heterocycles. The molecule has 1 aliphatic carbocycles. The van der Waals surface area contributed by atoms with Gasteiger partial charge in [-0.3, -0.25) is 0 Å². The summed E-state index contributed by atoms with van der Waals surface area (Å²) in [5.41, 5.74) is 5.54. The molecule has 1 rings (SSSR count). The lowest BCUT2D eigenvalue weighted by molar-refractivity contribution is -0.118. The van der Waals surface area contributed by atoms with Crippen LogP contribution in [0.3, 0.4) is 0 Å². The van der Waals surface area contributed by atoms with Gasteiger partial charge < -0.3 is 10.8 Å². The summed E-state index contributed by atoms with van der Waals surface area (Å²) in [6.07, 6.45) is 2.92. The van der Waals surface area contributed by atoms with Crippen molar-refractivity contribution >= 4 is 0 Å². The first-order chi connectivity index (χ1) is 5.39. The summed E-state index contributed by atoms with van der Waals surface area (Å²) in [5, 5.41) is 9.64. The Balaban J connectivity index is 2.47. The highest BCUT2D eigenvalue weighted by Crippen LogP contribution is 2.51. The van der Waals surface area contributed by atoms with Crippen molar-refractivity contribution < 1.29 is 5.11 Å². The fraction of sp³-hybridized carbons (Fsp3) is 1.00. The van der Waals surface area contributed by atoms with Gasteiger partial charge in [0.2, 0.25) is 0 Å². The van der Waals surface area contributed by atoms with Crippen LogP contribution < -0.4 is 5.73 Å². The van der Waals surface area contributed by atoms with E-state index in [0.29, 0.717) is 5.92 Å². The van der Waals surface area contributed by atoms with Crippen LogP contribution in [0.4, 0.5) is 0 Å². The van der Waals surface area contributed by atoms with Crippen molar-refractivity contribution in [3.63, 3.8) is 0 Å². The molecule has 0 aliphatic heterocycles. The maximum absolute atomic E-state index is 9.64. The third-order valence-corrected chi connectivity index (χ3v) is 2.79. The van der Waals surface area contributed by atoms with Crippen LogP contribution in [0.1, 0.15) is 40.0 Å². The first-order valence-corrected chi connectivity index (χ1v) is 4.82. The molecule has 0 spiro atoms. The predicted octanol–water partition coefficient (Wildman–Crippen LogP) is 1.52. The monoisotopic (exact) mass is 171 g/mol. The standard InChI is InChI=1S/C10H21NO/c1-8(2)4-10(7-11)5-9(3,12)6-10/h8,12H,4-7,11H2,1-3H3. The summed E-state index contributed by atoms with van der Waals surface area (Å²) >= 11 is 0. The second-order valence-corrected chi connectivity index (χ2v) is 5.15. The molecule has 0 atom stereocenters. The van der Waals surface area contributed by atoms with Crippen LogP contribution in [0.2, 0.25) is 0 Å². The van der Waals surface area contributed by atoms with Gasteiger partial charge in [-0.1, -0.05) is 13.8 Å². The van der Waals surface area contributed by atoms with E-state index in [4.69, 9.17) is 5.73 Å². The Bertz CT molecular complexity index is 150. The fourth-order valence-electron chi connectivity index (χ4n) is 2.80. The van der Waals surface area contributed by atoms with Crippen LogP contribution in [0.25, 0.3) is 0 Å². The second-order valence-electron chi connectivity index (χ2n) is 5.15. The van der Waals surface area contributed by atoms with E-state index in [0.717, 1.165) is 25.8 Å². The number of hydrogen-bond donors (Lipinski definition) is 2. The molecule has 12 heavy (non-hydrogen) atoms. The molecule has 3 N–H and O–H groups in total. The lowest BCUT2D eigenvalue weighted by Gasteiger charge is -2.52. The van der Waals surface area contributed by atoms with Crippen LogP contribution in [0.15, 0.2) is 0 Å². The Morgan fingerprint density at radius 1 is 1.42 bits per heavy atom. The van der Waals surface area contributed by atoms with Gasteiger partial charge in [0.25, 0.3) is 0 Å². The normalized spacial score (nSPS) is 41.5. The maximum Gasteiger partial charge on any atom is 0.0631 e. The molecule has 2 heteroatoms. The molecule has 0 bridgehead atoms. The number of rotatable bonds is 3. The summed E-state index contributed by atoms with van der Waals surface area (Å²) in [5.74, 6) is 0.685. The van der Waals surface area contributed by atoms with Crippen LogP contribution in [0.5, 0.6) is 0 Å². The second kappa shape index (κ2) is 3.00. The minimum absolute atomic E-state index is 0.248. The molecule has 0 amide bonds. The smallest absolute Gasteiger partial charge is 0.0631 e. The van der Waals surface area contributed by atoms with E-state index < -0.39 is 5.60 Å². The third-order valence-electron chi connectivity index (χ3n) is 2.79. The van der Waals surface area contributed by atoms with Crippen LogP contribution in [0, 0.1) is 11.3 Å². The van der Waals surface area contributed by atoms with E-state index in [9.17, 15) is 5.11 Å². The van der Waals surface area contributed by atoms with Crippen molar-refractivity contribution in [2.75, 3.05) is 6.54 Å². The molecule has 0 radical (unpaired) electrons. The van der Waals surface area contributed by atoms with E-state index in [2.05, 4.69) is 13.8 Å². The minimum atomic E-state index is -0.436. The van der Waals surface area contributed by atoms with Gasteiger partial charge in [-0.15, -0.1) is 0 Å². The van der Waals surface area contributed by atoms with Crippen molar-refractivity contribution in [2.45, 2.75) is 45.6 Å². The van der Waals surface area contributed by atoms with Gasteiger partial charge in [0.15, 0.2) is 0 Å². The highest BCUT2D eigenvalue weighted by molar-refractivity contribution is 5.02. The highest BCUT2D eigenvalue weighted by Gasteiger charge is 2.49. The topological polar surface area (TPSA) is 46.2 Å². The van der Waals surface area contributed by atoms with Gasteiger partial charge in [0.05, 0.1) is 5.60 Å². The van der Waals surface area contributed by atoms with E-state index in [1.54, 1.807) is 0 Å². The molecule has 0 aromatic rings. The molecule has 1 saturated carbocycles. The van der Waals surface area contributed by atoms with Crippen molar-refractivity contribution in [3.8, 4) is 0 Å². The lowest BCUT2D eigenvalue weighted by Crippen LogP contribution is -2.54. The number of aliphatic hydroxyl groups is 1. The molecule has 0 aromatic heterocycles. The molecule has 0 unspecified atom stereocenters. The largest absolute Gasteiger partial charge is 0.390 e. The summed E-state index contributed by atoms with van der Waals surface area (Å²) in [6, 6.07) is 0. The Hall–Kier alpha value is -0.0800. The average Bonchev–Trinajstić information content (AvgIpc) is 1.81. The Morgan fingerprint density at radius 3 is 2.17 bits per heavy atom. The molecule has 0 aromatic carbocycles. The molecule has 0 saturated heterocycles. The highest BCUT2D eigenvalue weighted by atomic mass is 16.3. The zero-order valence-electron chi connectivity index (χ0n) is 8.43. The van der Waals surface area contributed by atoms with E-state index in [1.807, 2.05) is 6.92 Å². The van der Waals surface area contributed by atoms with Crippen molar-refractivity contribution in [1.29, 1.82) is 0 Å². The quantitative estimate of drug-likeness (QED) is 0.676. The van der Waals surface area contributed by atoms with Crippen LogP contribution in [-0.4, -0.2) is 17.3 Å². The molecule has 2 nitrogen and oxygen atoms in total. The van der Waals surface area contributed by atoms with Crippen LogP contribution in [-0.2, 0) is 0 Å². The third kappa shape index (κ3) is 1.99. The Labute approximate surface area is 75.2 Å². The average molecular weight is 171 g/mol. The summed E-state index contributed by atoms with van der Waals surface area (Å²) in [4.78, 5) is 0. The van der Waals surface area contributed by atoms with Gasteiger partial charge in [-0.25, -0.2) is 0 Å². The van der Waals surface area contributed by atoms with Crippen LogP contribution >= 0.6 is 0 Å². The Morgan fingerprint density at radius 2 is 1.92 bits per heavy atom. The fourth-order valence-corrected chi connectivity index (χ4v) is 2.80. The van der Waals surface area contributed by atoms with Gasteiger partial charge in [-0.2, -0.15) is 0 Å². The minimum Gasteiger partial charge on any atom is -0.390 e. The summed E-state index contributed by atoms with van der Waals surface area (Å²) in [7, 11) is 0. The number of hydrogen-bond acceptors (Lipinski definition) is 2. The van der Waals surface area contributed by atoms with E-state index in [1.165, 1.54) is 0 Å². The zero-order valence-corrected chi connectivity index (χ0v) is 8.43. The number of nitrogens with two attached hydrogens (primary N) is 1. The molecule has 1 aliphatic rings. The SMILES string of the molecule is CC(C)CC1(CN)CC(C)(O)C1. The zero-order chi connectivity index (χ0) is 9.41. The maximum atomic E-state index is 9.64. The van der Waals surface area contributed by atoms with Gasteiger partial charge in [0.1, 0.15) is 0 Å². The molecular formula is C10H21NO. The lowest BCUT2D eigenvalue weighted by atomic mass is 9.57. The summed E-state index contributed by atoms with van der Waals surface area (Å²) in [6.45, 7) is 7.05. The Kier molecular flexibility index (Phi) is 2.50. The van der Waals surface area contributed by atoms with Crippen molar-refractivity contribution in [3.05, 3.63) is 0 Å². The first kappa shape index (κ1) is 10.0. The molecule has 72 valence electrons. The summed E-state index contributed by atoms with van der Waals surface area (Å²) < 4.78 is 0. The first-order valence-electron chi connectivity index (χ1n) is 4.82. The van der Waals surface area contributed by atoms with Gasteiger partial charge in [-0.05, 0) is 44.1 Å². The van der Waals surface area contributed by atoms with E-state index in [-0.39, 0.29) is 5.41 Å². The van der Waals surface area contributed by atoms with E-state index >= 15 is 0 Å².